The van der Waals surface area contributed by atoms with Gasteiger partial charge in [0.1, 0.15) is 6.67 Å². The van der Waals surface area contributed by atoms with Gasteiger partial charge in [0.25, 0.3) is 5.91 Å². The molecule has 0 saturated carbocycles. The van der Waals surface area contributed by atoms with Gasteiger partial charge in [-0.2, -0.15) is 0 Å². The number of aliphatic hydroxyl groups excluding tert-OH is 1. The van der Waals surface area contributed by atoms with Gasteiger partial charge in [-0.25, -0.2) is 0 Å². The Bertz CT molecular complexity index is 1210. The second-order valence-corrected chi connectivity index (χ2v) is 9.05. The number of hydrogen-bond acceptors (Lipinski definition) is 6. The summed E-state index contributed by atoms with van der Waals surface area (Å²) in [5.74, 6) is -0.250. The van der Waals surface area contributed by atoms with Crippen molar-refractivity contribution in [1.82, 2.24) is 9.58 Å². The molecule has 0 aliphatic carbocycles. The molecule has 2 atom stereocenters. The topological polar surface area (TPSA) is 86.0 Å². The van der Waals surface area contributed by atoms with Crippen LogP contribution in [0.2, 0.25) is 0 Å². The Morgan fingerprint density at radius 1 is 1.06 bits per heavy atom. The first-order valence-electron chi connectivity index (χ1n) is 10.4. The number of pyridine rings is 1. The summed E-state index contributed by atoms with van der Waals surface area (Å²) in [4.78, 5) is 28.1. The van der Waals surface area contributed by atoms with Crippen LogP contribution in [0.4, 0.5) is 0 Å². The fourth-order valence-corrected chi connectivity index (χ4v) is 5.51. The summed E-state index contributed by atoms with van der Waals surface area (Å²) in [5.41, 5.74) is 2.66. The number of thioether (sulfide) groups is 1. The Hall–Kier alpha value is -3.23. The Morgan fingerprint density at radius 2 is 1.78 bits per heavy atom. The number of aromatic nitrogens is 1. The van der Waals surface area contributed by atoms with E-state index in [4.69, 9.17) is 0 Å². The van der Waals surface area contributed by atoms with Crippen LogP contribution in [0.5, 0.6) is 5.75 Å². The summed E-state index contributed by atoms with van der Waals surface area (Å²) < 4.78 is 1.59. The van der Waals surface area contributed by atoms with Crippen molar-refractivity contribution >= 4 is 17.7 Å². The molecule has 2 aliphatic rings. The van der Waals surface area contributed by atoms with E-state index in [2.05, 4.69) is 24.3 Å². The van der Waals surface area contributed by atoms with Gasteiger partial charge in [0.15, 0.2) is 11.4 Å². The summed E-state index contributed by atoms with van der Waals surface area (Å²) in [7, 11) is 0. The Morgan fingerprint density at radius 3 is 2.56 bits per heavy atom. The van der Waals surface area contributed by atoms with E-state index < -0.39 is 23.1 Å². The molecule has 2 aromatic carbocycles. The minimum atomic E-state index is -0.611. The largest absolute Gasteiger partial charge is 0.502 e. The second kappa shape index (κ2) is 8.03. The van der Waals surface area contributed by atoms with E-state index in [1.54, 1.807) is 29.6 Å². The molecule has 1 amide bonds. The summed E-state index contributed by atoms with van der Waals surface area (Å²) in [6, 6.07) is 16.9. The number of fused-ring (bicyclic) bond motifs is 3. The molecule has 7 nitrogen and oxygen atoms in total. The molecule has 2 N–H and O–H groups in total. The van der Waals surface area contributed by atoms with E-state index >= 15 is 0 Å². The van der Waals surface area contributed by atoms with Crippen LogP contribution in [-0.2, 0) is 5.75 Å². The predicted molar refractivity (Wildman–Crippen MR) is 122 cm³/mol. The summed E-state index contributed by atoms with van der Waals surface area (Å²) in [6.45, 7) is 1.70. The highest BCUT2D eigenvalue weighted by Gasteiger charge is 2.39. The molecule has 0 fully saturated rings. The highest BCUT2D eigenvalue weighted by atomic mass is 32.2. The average molecular weight is 450 g/mol. The normalized spacial score (nSPS) is 18.4. The molecule has 0 radical (unpaired) electrons. The van der Waals surface area contributed by atoms with E-state index in [0.29, 0.717) is 0 Å². The lowest BCUT2D eigenvalue weighted by molar-refractivity contribution is 0.0525. The first-order chi connectivity index (χ1) is 15.5. The molecule has 164 valence electrons. The highest BCUT2D eigenvalue weighted by Crippen LogP contribution is 2.42. The molecule has 1 unspecified atom stereocenters. The lowest BCUT2D eigenvalue weighted by Gasteiger charge is -2.45. The monoisotopic (exact) mass is 449 g/mol. The number of aliphatic hydroxyl groups is 1. The van der Waals surface area contributed by atoms with Gasteiger partial charge >= 0.3 is 0 Å². The first-order valence-corrected chi connectivity index (χ1v) is 11.4. The van der Waals surface area contributed by atoms with Crippen LogP contribution in [0, 0.1) is 0 Å². The van der Waals surface area contributed by atoms with Gasteiger partial charge in [0, 0.05) is 22.9 Å². The first kappa shape index (κ1) is 20.7. The predicted octanol–water partition coefficient (Wildman–Crippen LogP) is 2.68. The molecule has 0 spiro atoms. The number of carbonyl (C=O) groups is 1. The SMILES string of the molecule is C[C@@H](CO)N1CN(C2c3ccccc3CSc3ccccc32)n2ccc(=O)c(O)c2C1=O. The molecule has 3 heterocycles. The molecule has 1 aromatic heterocycles. The molecule has 32 heavy (non-hydrogen) atoms. The zero-order valence-electron chi connectivity index (χ0n) is 17.5. The highest BCUT2D eigenvalue weighted by molar-refractivity contribution is 7.98. The third kappa shape index (κ3) is 3.18. The smallest absolute Gasteiger partial charge is 0.278 e. The van der Waals surface area contributed by atoms with E-state index in [1.807, 2.05) is 29.3 Å². The van der Waals surface area contributed by atoms with E-state index in [1.165, 1.54) is 16.5 Å². The van der Waals surface area contributed by atoms with Crippen molar-refractivity contribution in [2.24, 2.45) is 0 Å². The number of rotatable bonds is 3. The fourth-order valence-electron chi connectivity index (χ4n) is 4.41. The lowest BCUT2D eigenvalue weighted by atomic mass is 9.94. The van der Waals surface area contributed by atoms with Gasteiger partial charge in [-0.3, -0.25) is 19.3 Å². The lowest BCUT2D eigenvalue weighted by Crippen LogP contribution is -2.58. The van der Waals surface area contributed by atoms with Crippen molar-refractivity contribution in [3.05, 3.63) is 93.4 Å². The number of hydrogen-bond donors (Lipinski definition) is 2. The zero-order valence-corrected chi connectivity index (χ0v) is 18.3. The number of amides is 1. The maximum atomic E-state index is 13.2. The van der Waals surface area contributed by atoms with Crippen molar-refractivity contribution in [1.29, 1.82) is 0 Å². The third-order valence-corrected chi connectivity index (χ3v) is 7.27. The van der Waals surface area contributed by atoms with Crippen LogP contribution < -0.4 is 10.4 Å². The quantitative estimate of drug-likeness (QED) is 0.640. The van der Waals surface area contributed by atoms with E-state index in [0.717, 1.165) is 21.8 Å². The standard InChI is InChI=1S/C24H23N3O4S/c1-15(12-28)25-14-27(26-11-10-19(29)23(30)22(26)24(25)31)21-17-7-3-2-6-16(17)13-32-20-9-5-4-8-18(20)21/h2-11,15,21,28,30H,12-14H2,1H3/t15-,21?/m0/s1. The van der Waals surface area contributed by atoms with Crippen LogP contribution in [0.1, 0.15) is 40.1 Å². The number of nitrogens with zero attached hydrogens (tertiary/aromatic N) is 3. The van der Waals surface area contributed by atoms with Crippen LogP contribution in [0.25, 0.3) is 0 Å². The molecule has 0 saturated heterocycles. The van der Waals surface area contributed by atoms with Crippen molar-refractivity contribution in [2.45, 2.75) is 29.7 Å². The minimum Gasteiger partial charge on any atom is -0.502 e. The molecule has 0 bridgehead atoms. The second-order valence-electron chi connectivity index (χ2n) is 8.04. The average Bonchev–Trinajstić information content (AvgIpc) is 2.98. The maximum absolute atomic E-state index is 13.2. The fraction of sp³-hybridized carbons (Fsp3) is 0.250. The number of aromatic hydroxyl groups is 1. The minimum absolute atomic E-state index is 0.0871. The van der Waals surface area contributed by atoms with Crippen LogP contribution in [0.3, 0.4) is 0 Å². The van der Waals surface area contributed by atoms with Gasteiger partial charge in [-0.05, 0) is 29.7 Å². The van der Waals surface area contributed by atoms with Crippen LogP contribution >= 0.6 is 11.8 Å². The van der Waals surface area contributed by atoms with Crippen molar-refractivity contribution in [2.75, 3.05) is 18.3 Å². The third-order valence-electron chi connectivity index (χ3n) is 6.13. The number of benzene rings is 2. The van der Waals surface area contributed by atoms with Crippen molar-refractivity contribution in [3.63, 3.8) is 0 Å². The van der Waals surface area contributed by atoms with Crippen LogP contribution in [-0.4, -0.2) is 45.0 Å². The van der Waals surface area contributed by atoms with Gasteiger partial charge in [-0.1, -0.05) is 42.5 Å². The summed E-state index contributed by atoms with van der Waals surface area (Å²) in [5, 5.41) is 22.3. The molecule has 3 aromatic rings. The molecular formula is C24H23N3O4S. The van der Waals surface area contributed by atoms with Crippen LogP contribution in [0.15, 0.2) is 70.5 Å². The van der Waals surface area contributed by atoms with E-state index in [-0.39, 0.29) is 25.0 Å². The maximum Gasteiger partial charge on any atom is 0.278 e. The number of carbonyl (C=O) groups excluding carboxylic acids is 1. The molecule has 5 rings (SSSR count). The van der Waals surface area contributed by atoms with Gasteiger partial charge < -0.3 is 15.1 Å². The molecule has 8 heteroatoms. The van der Waals surface area contributed by atoms with Gasteiger partial charge in [-0.15, -0.1) is 11.8 Å². The zero-order chi connectivity index (χ0) is 22.4. The Kier molecular flexibility index (Phi) is 5.19. The van der Waals surface area contributed by atoms with Gasteiger partial charge in [0.2, 0.25) is 5.43 Å². The van der Waals surface area contributed by atoms with Gasteiger partial charge in [0.05, 0.1) is 18.7 Å². The molecular weight excluding hydrogens is 426 g/mol. The Balaban J connectivity index is 1.78. The van der Waals surface area contributed by atoms with Crippen molar-refractivity contribution < 1.29 is 15.0 Å². The Labute approximate surface area is 189 Å². The molecule has 2 aliphatic heterocycles. The summed E-state index contributed by atoms with van der Waals surface area (Å²) in [6.07, 6.45) is 1.54. The van der Waals surface area contributed by atoms with E-state index in [9.17, 15) is 19.8 Å². The summed E-state index contributed by atoms with van der Waals surface area (Å²) >= 11 is 1.76. The van der Waals surface area contributed by atoms with Crippen molar-refractivity contribution in [3.8, 4) is 5.75 Å².